The molecule has 9 nitrogen and oxygen atoms in total. The van der Waals surface area contributed by atoms with Crippen molar-refractivity contribution in [2.24, 2.45) is 0 Å². The van der Waals surface area contributed by atoms with Crippen LogP contribution in [0.3, 0.4) is 0 Å². The Hall–Kier alpha value is -3.37. The summed E-state index contributed by atoms with van der Waals surface area (Å²) in [6, 6.07) is 8.25. The number of aliphatic carboxylic acids is 1. The molecule has 31 heavy (non-hydrogen) atoms. The van der Waals surface area contributed by atoms with Gasteiger partial charge in [-0.05, 0) is 51.8 Å². The van der Waals surface area contributed by atoms with E-state index in [1.807, 2.05) is 0 Å². The van der Waals surface area contributed by atoms with E-state index in [9.17, 15) is 19.2 Å². The standard InChI is InChI=1S/C20H14BrClN2O7/c1-30-15-8-10(7-12(21)17(15)31-9-16(25)26)6-11-18(27)23-20(29)24(19(11)28)14-5-3-2-4-13(14)22/h2-8H,9H2,1H3,(H,25,26)(H,23,27,29)/b11-6+. The summed E-state index contributed by atoms with van der Waals surface area (Å²) >= 11 is 9.36. The van der Waals surface area contributed by atoms with E-state index in [1.165, 1.54) is 37.5 Å². The lowest BCUT2D eigenvalue weighted by Crippen LogP contribution is -2.54. The van der Waals surface area contributed by atoms with Crippen molar-refractivity contribution in [3.63, 3.8) is 0 Å². The van der Waals surface area contributed by atoms with Crippen molar-refractivity contribution in [2.45, 2.75) is 0 Å². The molecule has 2 aromatic carbocycles. The maximum absolute atomic E-state index is 13.0. The van der Waals surface area contributed by atoms with Crippen molar-refractivity contribution in [1.82, 2.24) is 5.32 Å². The summed E-state index contributed by atoms with van der Waals surface area (Å²) in [7, 11) is 1.35. The molecule has 0 unspecified atom stereocenters. The number of amides is 4. The first-order chi connectivity index (χ1) is 14.7. The van der Waals surface area contributed by atoms with Crippen LogP contribution in [0.15, 0.2) is 46.4 Å². The number of carbonyl (C=O) groups is 4. The first-order valence-electron chi connectivity index (χ1n) is 8.61. The molecule has 0 spiro atoms. The van der Waals surface area contributed by atoms with Crippen molar-refractivity contribution in [3.05, 3.63) is 57.0 Å². The Balaban J connectivity index is 2.01. The molecule has 1 heterocycles. The number of ether oxygens (including phenoxy) is 2. The number of carboxylic acid groups (broad SMARTS) is 1. The Bertz CT molecular complexity index is 1130. The van der Waals surface area contributed by atoms with E-state index < -0.39 is 30.4 Å². The molecule has 2 N–H and O–H groups in total. The fraction of sp³-hybridized carbons (Fsp3) is 0.100. The molecular weight excluding hydrogens is 496 g/mol. The SMILES string of the molecule is COc1cc(/C=C2\C(=O)NC(=O)N(c3ccccc3Cl)C2=O)cc(Br)c1OCC(=O)O. The quantitative estimate of drug-likeness (QED) is 0.453. The lowest BCUT2D eigenvalue weighted by molar-refractivity contribution is -0.139. The minimum atomic E-state index is -1.17. The van der Waals surface area contributed by atoms with Crippen LogP contribution in [0.2, 0.25) is 5.02 Å². The van der Waals surface area contributed by atoms with Crippen LogP contribution in [0.25, 0.3) is 6.08 Å². The first-order valence-corrected chi connectivity index (χ1v) is 9.78. The van der Waals surface area contributed by atoms with E-state index in [2.05, 4.69) is 21.2 Å². The molecule has 1 aliphatic rings. The summed E-state index contributed by atoms with van der Waals surface area (Å²) in [4.78, 5) is 49.1. The average molecular weight is 510 g/mol. The van der Waals surface area contributed by atoms with Gasteiger partial charge in [0.2, 0.25) is 0 Å². The highest BCUT2D eigenvalue weighted by Gasteiger charge is 2.37. The third kappa shape index (κ3) is 4.70. The van der Waals surface area contributed by atoms with Crippen molar-refractivity contribution in [1.29, 1.82) is 0 Å². The molecule has 0 aliphatic carbocycles. The number of imide groups is 2. The number of urea groups is 1. The molecule has 0 radical (unpaired) electrons. The normalized spacial score (nSPS) is 15.1. The highest BCUT2D eigenvalue weighted by molar-refractivity contribution is 9.10. The number of rotatable bonds is 6. The third-order valence-corrected chi connectivity index (χ3v) is 5.01. The van der Waals surface area contributed by atoms with Crippen molar-refractivity contribution >= 4 is 63.1 Å². The number of benzene rings is 2. The number of para-hydroxylation sites is 1. The van der Waals surface area contributed by atoms with Gasteiger partial charge in [0.15, 0.2) is 18.1 Å². The van der Waals surface area contributed by atoms with Crippen molar-refractivity contribution in [2.75, 3.05) is 18.6 Å². The van der Waals surface area contributed by atoms with Gasteiger partial charge in [0, 0.05) is 0 Å². The number of nitrogens with zero attached hydrogens (tertiary/aromatic N) is 1. The summed E-state index contributed by atoms with van der Waals surface area (Å²) in [5, 5.41) is 11.1. The number of anilines is 1. The molecule has 0 bridgehead atoms. The molecule has 3 rings (SSSR count). The van der Waals surface area contributed by atoms with Gasteiger partial charge in [-0.15, -0.1) is 0 Å². The Morgan fingerprint density at radius 1 is 1.26 bits per heavy atom. The Morgan fingerprint density at radius 3 is 2.61 bits per heavy atom. The Labute approximate surface area is 189 Å². The van der Waals surface area contributed by atoms with Crippen LogP contribution in [0, 0.1) is 0 Å². The summed E-state index contributed by atoms with van der Waals surface area (Å²) in [5.41, 5.74) is 0.173. The topological polar surface area (TPSA) is 122 Å². The number of carbonyl (C=O) groups excluding carboxylic acids is 3. The van der Waals surface area contributed by atoms with Gasteiger partial charge in [-0.25, -0.2) is 14.5 Å². The number of hydrogen-bond donors (Lipinski definition) is 2. The zero-order valence-electron chi connectivity index (χ0n) is 15.8. The minimum absolute atomic E-state index is 0.126. The van der Waals surface area contributed by atoms with E-state index in [0.717, 1.165) is 4.90 Å². The van der Waals surface area contributed by atoms with Gasteiger partial charge in [-0.1, -0.05) is 23.7 Å². The molecule has 11 heteroatoms. The molecule has 160 valence electrons. The van der Waals surface area contributed by atoms with Crippen LogP contribution in [0.1, 0.15) is 5.56 Å². The zero-order chi connectivity index (χ0) is 22.7. The van der Waals surface area contributed by atoms with Gasteiger partial charge in [0.05, 0.1) is 22.3 Å². The molecule has 0 saturated carbocycles. The smallest absolute Gasteiger partial charge is 0.341 e. The molecule has 2 aromatic rings. The van der Waals surface area contributed by atoms with Crippen LogP contribution < -0.4 is 19.7 Å². The number of barbiturate groups is 1. The van der Waals surface area contributed by atoms with Gasteiger partial charge >= 0.3 is 12.0 Å². The second kappa shape index (κ2) is 9.19. The van der Waals surface area contributed by atoms with Crippen LogP contribution in [0.5, 0.6) is 11.5 Å². The summed E-state index contributed by atoms with van der Waals surface area (Å²) < 4.78 is 10.8. The fourth-order valence-corrected chi connectivity index (χ4v) is 3.57. The Morgan fingerprint density at radius 2 is 1.97 bits per heavy atom. The molecular formula is C20H14BrClN2O7. The maximum Gasteiger partial charge on any atom is 0.341 e. The van der Waals surface area contributed by atoms with E-state index in [-0.39, 0.29) is 27.8 Å². The predicted molar refractivity (Wildman–Crippen MR) is 114 cm³/mol. The molecule has 4 amide bonds. The van der Waals surface area contributed by atoms with Crippen LogP contribution in [0.4, 0.5) is 10.5 Å². The van der Waals surface area contributed by atoms with Crippen LogP contribution in [-0.4, -0.2) is 42.6 Å². The summed E-state index contributed by atoms with van der Waals surface area (Å²) in [6.45, 7) is -0.592. The predicted octanol–water partition coefficient (Wildman–Crippen LogP) is 3.24. The lowest BCUT2D eigenvalue weighted by atomic mass is 10.1. The van der Waals surface area contributed by atoms with Crippen molar-refractivity contribution in [3.8, 4) is 11.5 Å². The summed E-state index contributed by atoms with van der Waals surface area (Å²) in [5.74, 6) is -2.60. The number of nitrogens with one attached hydrogen (secondary N) is 1. The molecule has 0 aromatic heterocycles. The monoisotopic (exact) mass is 508 g/mol. The number of carboxylic acids is 1. The third-order valence-electron chi connectivity index (χ3n) is 4.10. The second-order valence-electron chi connectivity index (χ2n) is 6.13. The van der Waals surface area contributed by atoms with E-state index in [4.69, 9.17) is 26.2 Å². The van der Waals surface area contributed by atoms with Crippen LogP contribution >= 0.6 is 27.5 Å². The minimum Gasteiger partial charge on any atom is -0.493 e. The van der Waals surface area contributed by atoms with Gasteiger partial charge in [-0.3, -0.25) is 14.9 Å². The van der Waals surface area contributed by atoms with E-state index in [0.29, 0.717) is 10.0 Å². The molecule has 1 aliphatic heterocycles. The molecule has 0 atom stereocenters. The van der Waals surface area contributed by atoms with Gasteiger partial charge in [0.25, 0.3) is 11.8 Å². The second-order valence-corrected chi connectivity index (χ2v) is 7.39. The summed E-state index contributed by atoms with van der Waals surface area (Å²) in [6.07, 6.45) is 1.27. The van der Waals surface area contributed by atoms with Gasteiger partial charge in [0.1, 0.15) is 5.57 Å². The van der Waals surface area contributed by atoms with E-state index >= 15 is 0 Å². The van der Waals surface area contributed by atoms with Gasteiger partial charge < -0.3 is 14.6 Å². The van der Waals surface area contributed by atoms with Crippen LogP contribution in [-0.2, 0) is 14.4 Å². The first kappa shape index (κ1) is 22.3. The number of hydrogen-bond acceptors (Lipinski definition) is 6. The maximum atomic E-state index is 13.0. The zero-order valence-corrected chi connectivity index (χ0v) is 18.2. The molecule has 1 fully saturated rings. The number of halogens is 2. The lowest BCUT2D eigenvalue weighted by Gasteiger charge is -2.27. The Kier molecular flexibility index (Phi) is 6.62. The molecule has 1 saturated heterocycles. The highest BCUT2D eigenvalue weighted by Crippen LogP contribution is 2.37. The largest absolute Gasteiger partial charge is 0.493 e. The van der Waals surface area contributed by atoms with E-state index in [1.54, 1.807) is 12.1 Å². The number of methoxy groups -OCH3 is 1. The van der Waals surface area contributed by atoms with Gasteiger partial charge in [-0.2, -0.15) is 0 Å². The fourth-order valence-electron chi connectivity index (χ4n) is 2.77. The highest BCUT2D eigenvalue weighted by atomic mass is 79.9. The average Bonchev–Trinajstić information content (AvgIpc) is 2.71. The van der Waals surface area contributed by atoms with Crippen molar-refractivity contribution < 1.29 is 33.8 Å².